The molecule has 0 aromatic heterocycles. The van der Waals surface area contributed by atoms with Gasteiger partial charge in [0.05, 0.1) is 11.4 Å². The van der Waals surface area contributed by atoms with Crippen LogP contribution < -0.4 is 10.2 Å². The molecule has 7 heteroatoms. The first-order chi connectivity index (χ1) is 13.8. The fourth-order valence-electron chi connectivity index (χ4n) is 3.63. The summed E-state index contributed by atoms with van der Waals surface area (Å²) in [4.78, 5) is 14.9. The van der Waals surface area contributed by atoms with Gasteiger partial charge in [0.25, 0.3) is 0 Å². The second-order valence-electron chi connectivity index (χ2n) is 7.50. The Morgan fingerprint density at radius 2 is 1.86 bits per heavy atom. The predicted octanol–water partition coefficient (Wildman–Crippen LogP) is 3.50. The van der Waals surface area contributed by atoms with Gasteiger partial charge in [0.2, 0.25) is 15.9 Å². The van der Waals surface area contributed by atoms with Gasteiger partial charge in [-0.2, -0.15) is 0 Å². The molecule has 1 aliphatic heterocycles. The number of para-hydroxylation sites is 1. The molecule has 0 saturated carbocycles. The Morgan fingerprint density at radius 3 is 2.55 bits per heavy atom. The molecule has 1 atom stereocenters. The molecule has 0 bridgehead atoms. The molecular weight excluding hydrogens is 386 g/mol. The van der Waals surface area contributed by atoms with E-state index in [1.165, 1.54) is 9.87 Å². The Balaban J connectivity index is 1.63. The molecule has 1 N–H and O–H groups in total. The van der Waals surface area contributed by atoms with Crippen LogP contribution in [0.1, 0.15) is 32.3 Å². The largest absolute Gasteiger partial charge is 0.376 e. The number of sulfonamides is 1. The van der Waals surface area contributed by atoms with Crippen molar-refractivity contribution in [2.24, 2.45) is 0 Å². The van der Waals surface area contributed by atoms with E-state index in [2.05, 4.69) is 11.4 Å². The summed E-state index contributed by atoms with van der Waals surface area (Å²) in [5.41, 5.74) is 2.88. The minimum absolute atomic E-state index is 0.00144. The smallest absolute Gasteiger partial charge is 0.246 e. The molecule has 1 amide bonds. The molecular formula is C22H29N3O3S. The van der Waals surface area contributed by atoms with Gasteiger partial charge in [0, 0.05) is 31.0 Å². The van der Waals surface area contributed by atoms with Crippen LogP contribution in [0.15, 0.2) is 53.4 Å². The van der Waals surface area contributed by atoms with Gasteiger partial charge < -0.3 is 10.2 Å². The Labute approximate surface area is 173 Å². The molecule has 1 heterocycles. The molecule has 1 aliphatic rings. The second-order valence-corrected chi connectivity index (χ2v) is 9.55. The van der Waals surface area contributed by atoms with Crippen LogP contribution in [0, 0.1) is 0 Å². The van der Waals surface area contributed by atoms with Crippen molar-refractivity contribution in [3.05, 3.63) is 54.1 Å². The van der Waals surface area contributed by atoms with Crippen LogP contribution in [0.4, 0.5) is 11.4 Å². The summed E-state index contributed by atoms with van der Waals surface area (Å²) in [5, 5.41) is 3.12. The van der Waals surface area contributed by atoms with Crippen LogP contribution in [-0.2, 0) is 21.2 Å². The first-order valence-electron chi connectivity index (χ1n) is 10.0. The average molecular weight is 416 g/mol. The van der Waals surface area contributed by atoms with Gasteiger partial charge in [-0.3, -0.25) is 4.79 Å². The summed E-state index contributed by atoms with van der Waals surface area (Å²) in [7, 11) is -1.88. The Bertz CT molecular complexity index is 958. The lowest BCUT2D eigenvalue weighted by Gasteiger charge is -2.23. The van der Waals surface area contributed by atoms with E-state index in [1.807, 2.05) is 36.9 Å². The third-order valence-electron chi connectivity index (χ3n) is 5.31. The molecule has 0 radical (unpaired) electrons. The topological polar surface area (TPSA) is 69.7 Å². The molecule has 0 fully saturated rings. The van der Waals surface area contributed by atoms with Crippen molar-refractivity contribution in [2.45, 2.75) is 44.0 Å². The number of carbonyl (C=O) groups excluding carboxylic acids is 1. The number of hydrogen-bond donors (Lipinski definition) is 1. The lowest BCUT2D eigenvalue weighted by atomic mass is 10.1. The first kappa shape index (κ1) is 21.3. The molecule has 6 nitrogen and oxygen atoms in total. The number of rotatable bonds is 8. The molecule has 156 valence electrons. The monoisotopic (exact) mass is 415 g/mol. The quantitative estimate of drug-likeness (QED) is 0.716. The number of nitrogens with zero attached hydrogens (tertiary/aromatic N) is 2. The van der Waals surface area contributed by atoms with E-state index >= 15 is 0 Å². The van der Waals surface area contributed by atoms with Gasteiger partial charge in [0.1, 0.15) is 0 Å². The van der Waals surface area contributed by atoms with Crippen LogP contribution in [0.5, 0.6) is 0 Å². The first-order valence-corrected chi connectivity index (χ1v) is 11.5. The molecule has 2 aromatic carbocycles. The molecule has 0 spiro atoms. The highest BCUT2D eigenvalue weighted by molar-refractivity contribution is 7.89. The van der Waals surface area contributed by atoms with E-state index in [9.17, 15) is 13.2 Å². The van der Waals surface area contributed by atoms with Crippen LogP contribution >= 0.6 is 0 Å². The number of carbonyl (C=O) groups is 1. The van der Waals surface area contributed by atoms with Crippen molar-refractivity contribution in [2.75, 3.05) is 30.4 Å². The molecule has 0 saturated heterocycles. The maximum atomic E-state index is 12.8. The Kier molecular flexibility index (Phi) is 6.59. The van der Waals surface area contributed by atoms with Crippen molar-refractivity contribution in [3.8, 4) is 0 Å². The van der Waals surface area contributed by atoms with E-state index in [-0.39, 0.29) is 23.4 Å². The summed E-state index contributed by atoms with van der Waals surface area (Å²) in [6.45, 7) is 4.74. The van der Waals surface area contributed by atoms with Gasteiger partial charge in [-0.25, -0.2) is 12.7 Å². The van der Waals surface area contributed by atoms with Crippen molar-refractivity contribution in [3.63, 3.8) is 0 Å². The van der Waals surface area contributed by atoms with E-state index in [1.54, 1.807) is 31.3 Å². The summed E-state index contributed by atoms with van der Waals surface area (Å²) >= 11 is 0. The third-order valence-corrected chi connectivity index (χ3v) is 7.18. The summed E-state index contributed by atoms with van der Waals surface area (Å²) in [6, 6.07) is 14.7. The van der Waals surface area contributed by atoms with Crippen molar-refractivity contribution < 1.29 is 13.2 Å². The number of hydrogen-bond acceptors (Lipinski definition) is 4. The molecule has 0 aliphatic carbocycles. The van der Waals surface area contributed by atoms with Gasteiger partial charge in [-0.05, 0) is 55.7 Å². The van der Waals surface area contributed by atoms with E-state index in [4.69, 9.17) is 0 Å². The predicted molar refractivity (Wildman–Crippen MR) is 117 cm³/mol. The lowest BCUT2D eigenvalue weighted by Crippen LogP contribution is -2.39. The Morgan fingerprint density at radius 1 is 1.17 bits per heavy atom. The minimum atomic E-state index is -3.48. The fraction of sp³-hybridized carbons (Fsp3) is 0.409. The van der Waals surface area contributed by atoms with E-state index in [0.717, 1.165) is 24.9 Å². The van der Waals surface area contributed by atoms with Gasteiger partial charge in [-0.1, -0.05) is 31.5 Å². The SMILES string of the molecule is CCCCN(C)S(=O)(=O)c1ccc(NCC(=O)N2c3ccccc3CC2C)cc1. The third kappa shape index (κ3) is 4.62. The fourth-order valence-corrected chi connectivity index (χ4v) is 4.84. The zero-order valence-corrected chi connectivity index (χ0v) is 18.1. The average Bonchev–Trinajstić information content (AvgIpc) is 3.06. The van der Waals surface area contributed by atoms with Crippen LogP contribution in [0.2, 0.25) is 0 Å². The minimum Gasteiger partial charge on any atom is -0.376 e. The molecule has 3 rings (SSSR count). The zero-order chi connectivity index (χ0) is 21.0. The van der Waals surface area contributed by atoms with Gasteiger partial charge in [-0.15, -0.1) is 0 Å². The van der Waals surface area contributed by atoms with Crippen LogP contribution in [0.25, 0.3) is 0 Å². The van der Waals surface area contributed by atoms with Gasteiger partial charge >= 0.3 is 0 Å². The number of fused-ring (bicyclic) bond motifs is 1. The zero-order valence-electron chi connectivity index (χ0n) is 17.3. The van der Waals surface area contributed by atoms with Crippen molar-refractivity contribution >= 4 is 27.3 Å². The van der Waals surface area contributed by atoms with Crippen LogP contribution in [-0.4, -0.2) is 44.8 Å². The highest BCUT2D eigenvalue weighted by atomic mass is 32.2. The lowest BCUT2D eigenvalue weighted by molar-refractivity contribution is -0.117. The summed E-state index contributed by atoms with van der Waals surface area (Å²) < 4.78 is 26.6. The maximum Gasteiger partial charge on any atom is 0.246 e. The molecule has 29 heavy (non-hydrogen) atoms. The number of amides is 1. The summed E-state index contributed by atoms with van der Waals surface area (Å²) in [6.07, 6.45) is 2.63. The van der Waals surface area contributed by atoms with Crippen LogP contribution in [0.3, 0.4) is 0 Å². The molecule has 1 unspecified atom stereocenters. The van der Waals surface area contributed by atoms with Crippen molar-refractivity contribution in [1.29, 1.82) is 0 Å². The van der Waals surface area contributed by atoms with E-state index in [0.29, 0.717) is 12.2 Å². The normalized spacial score (nSPS) is 16.1. The number of benzene rings is 2. The maximum absolute atomic E-state index is 12.8. The number of anilines is 2. The van der Waals surface area contributed by atoms with Crippen molar-refractivity contribution in [1.82, 2.24) is 4.31 Å². The highest BCUT2D eigenvalue weighted by Gasteiger charge is 2.30. The van der Waals surface area contributed by atoms with Gasteiger partial charge in [0.15, 0.2) is 0 Å². The Hall–Kier alpha value is -2.38. The van der Waals surface area contributed by atoms with E-state index < -0.39 is 10.0 Å². The summed E-state index contributed by atoms with van der Waals surface area (Å²) in [5.74, 6) is -0.00144. The molecule has 2 aromatic rings. The standard InChI is InChI=1S/C22H29N3O3S/c1-4-5-14-24(3)29(27,28)20-12-10-19(11-13-20)23-16-22(26)25-17(2)15-18-8-6-7-9-21(18)25/h6-13,17,23H,4-5,14-16H2,1-3H3. The highest BCUT2D eigenvalue weighted by Crippen LogP contribution is 2.31. The number of nitrogens with one attached hydrogen (secondary N) is 1. The second kappa shape index (κ2) is 8.97. The number of unbranched alkanes of at least 4 members (excludes halogenated alkanes) is 1.